The molecule has 8 heteroatoms. The van der Waals surface area contributed by atoms with Gasteiger partial charge in [0.1, 0.15) is 6.10 Å². The molecule has 3 aliphatic carbocycles. The fourth-order valence-electron chi connectivity index (χ4n) is 6.91. The first kappa shape index (κ1) is 25.8. The third-order valence-corrected chi connectivity index (χ3v) is 9.55. The first-order chi connectivity index (χ1) is 17.4. The summed E-state index contributed by atoms with van der Waals surface area (Å²) in [6.07, 6.45) is 1.78. The number of aliphatic hydroxyl groups is 3. The largest absolute Gasteiger partial charge is 0.450 e. The Balaban J connectivity index is 1.65. The molecule has 1 saturated carbocycles. The quantitative estimate of drug-likeness (QED) is 0.423. The molecule has 0 unspecified atom stereocenters. The highest BCUT2D eigenvalue weighted by atomic mass is 16.6. The van der Waals surface area contributed by atoms with Crippen LogP contribution in [0.15, 0.2) is 52.1 Å². The number of para-hydroxylation sites is 1. The third-order valence-electron chi connectivity index (χ3n) is 9.55. The third kappa shape index (κ3) is 3.42. The second-order valence-corrected chi connectivity index (χ2v) is 11.8. The van der Waals surface area contributed by atoms with Gasteiger partial charge >= 0.3 is 5.97 Å². The van der Waals surface area contributed by atoms with Gasteiger partial charge in [0.2, 0.25) is 0 Å². The number of aromatic nitrogens is 1. The van der Waals surface area contributed by atoms with Gasteiger partial charge in [-0.2, -0.15) is 0 Å². The van der Waals surface area contributed by atoms with Crippen molar-refractivity contribution in [2.75, 3.05) is 6.61 Å². The molecule has 37 heavy (non-hydrogen) atoms. The Kier molecular flexibility index (Phi) is 6.01. The summed E-state index contributed by atoms with van der Waals surface area (Å²) in [6, 6.07) is 6.85. The number of benzene rings is 1. The number of nitrogens with zero attached hydrogens (tertiary/aromatic N) is 1. The average Bonchev–Trinajstić information content (AvgIpc) is 3.38. The minimum absolute atomic E-state index is 0.0562. The topological polar surface area (TPSA) is 130 Å². The van der Waals surface area contributed by atoms with Crippen molar-refractivity contribution < 1.29 is 34.2 Å². The molecular formula is C29H35NO7. The van der Waals surface area contributed by atoms with Gasteiger partial charge in [-0.15, -0.1) is 0 Å². The molecule has 1 aromatic carbocycles. The molecule has 0 aliphatic heterocycles. The van der Waals surface area contributed by atoms with Crippen molar-refractivity contribution in [2.24, 2.45) is 28.6 Å². The zero-order chi connectivity index (χ0) is 26.9. The molecular weight excluding hydrogens is 474 g/mol. The average molecular weight is 510 g/mol. The summed E-state index contributed by atoms with van der Waals surface area (Å²) < 4.78 is 11.1. The Morgan fingerprint density at radius 1 is 1.24 bits per heavy atom. The van der Waals surface area contributed by atoms with Crippen LogP contribution in [0.1, 0.15) is 57.9 Å². The number of ether oxygens (including phenoxy) is 1. The predicted octanol–water partition coefficient (Wildman–Crippen LogP) is 3.60. The maximum absolute atomic E-state index is 14.5. The van der Waals surface area contributed by atoms with Crippen molar-refractivity contribution >= 4 is 22.7 Å². The zero-order valence-electron chi connectivity index (χ0n) is 21.9. The van der Waals surface area contributed by atoms with Crippen LogP contribution in [0.3, 0.4) is 0 Å². The summed E-state index contributed by atoms with van der Waals surface area (Å²) in [7, 11) is 0. The summed E-state index contributed by atoms with van der Waals surface area (Å²) in [4.78, 5) is 27.9. The highest BCUT2D eigenvalue weighted by Crippen LogP contribution is 2.61. The van der Waals surface area contributed by atoms with E-state index in [0.29, 0.717) is 23.0 Å². The molecule has 3 N–H and O–H groups in total. The summed E-state index contributed by atoms with van der Waals surface area (Å²) in [5.41, 5.74) is -2.95. The Labute approximate surface area is 216 Å². The van der Waals surface area contributed by atoms with Gasteiger partial charge in [0.25, 0.3) is 0 Å². The first-order valence-electron chi connectivity index (χ1n) is 12.9. The molecule has 1 heterocycles. The number of carbonyl (C=O) groups is 2. The number of Topliss-reactive ketones (excluding diaryl/α,β-unsaturated/α-hetero) is 1. The zero-order valence-corrected chi connectivity index (χ0v) is 21.9. The van der Waals surface area contributed by atoms with E-state index < -0.39 is 41.7 Å². The van der Waals surface area contributed by atoms with Crippen molar-refractivity contribution in [3.05, 3.63) is 53.3 Å². The molecule has 198 valence electrons. The standard InChI is InChI=1S/C29H35NO7/c1-15-13-28-16(2)10-11-27(4,5)17(3)20(24(28)33)12-18(14-31)23(32)29(28,35)25(15)36-26(34)22-19-8-6-7-9-21(19)37-30-22/h6-9,12-13,16-17,20,23,25,31-32,35H,10-11,14H2,1-5H3/t16-,17-,20+,23-,25+,28+,29+/m1/s1. The summed E-state index contributed by atoms with van der Waals surface area (Å²) in [5.74, 6) is -2.18. The fourth-order valence-corrected chi connectivity index (χ4v) is 6.91. The predicted molar refractivity (Wildman–Crippen MR) is 135 cm³/mol. The Morgan fingerprint density at radius 2 is 1.95 bits per heavy atom. The number of allylic oxidation sites excluding steroid dienone is 1. The normalized spacial score (nSPS) is 37.2. The van der Waals surface area contributed by atoms with Crippen LogP contribution in [0.5, 0.6) is 0 Å². The van der Waals surface area contributed by atoms with Crippen LogP contribution in [0.25, 0.3) is 11.0 Å². The molecule has 1 aromatic heterocycles. The number of rotatable bonds is 3. The lowest BCUT2D eigenvalue weighted by molar-refractivity contribution is -0.194. The van der Waals surface area contributed by atoms with Gasteiger partial charge in [-0.1, -0.05) is 57.1 Å². The number of aliphatic hydroxyl groups excluding tert-OH is 2. The van der Waals surface area contributed by atoms with E-state index >= 15 is 0 Å². The number of hydrogen-bond acceptors (Lipinski definition) is 8. The number of fused-ring (bicyclic) bond motifs is 2. The molecule has 2 bridgehead atoms. The maximum Gasteiger partial charge on any atom is 0.361 e. The Bertz CT molecular complexity index is 1320. The van der Waals surface area contributed by atoms with E-state index in [1.54, 1.807) is 43.3 Å². The minimum Gasteiger partial charge on any atom is -0.450 e. The van der Waals surface area contributed by atoms with E-state index in [1.165, 1.54) is 0 Å². The van der Waals surface area contributed by atoms with E-state index in [4.69, 9.17) is 9.26 Å². The molecule has 0 amide bonds. The number of ketones is 1. The van der Waals surface area contributed by atoms with Crippen LogP contribution >= 0.6 is 0 Å². The molecule has 0 saturated heterocycles. The monoisotopic (exact) mass is 509 g/mol. The van der Waals surface area contributed by atoms with Crippen LogP contribution in [0.4, 0.5) is 0 Å². The van der Waals surface area contributed by atoms with Crippen molar-refractivity contribution in [1.82, 2.24) is 5.16 Å². The highest BCUT2D eigenvalue weighted by molar-refractivity contribution is 6.01. The first-order valence-corrected chi connectivity index (χ1v) is 12.9. The molecule has 0 radical (unpaired) electrons. The van der Waals surface area contributed by atoms with Gasteiger partial charge in [0.15, 0.2) is 28.8 Å². The Hall–Kier alpha value is -2.81. The number of carbonyl (C=O) groups excluding carboxylic acids is 2. The molecule has 5 rings (SSSR count). The van der Waals surface area contributed by atoms with Crippen LogP contribution in [-0.4, -0.2) is 56.6 Å². The van der Waals surface area contributed by atoms with E-state index in [0.717, 1.165) is 6.42 Å². The van der Waals surface area contributed by atoms with E-state index in [9.17, 15) is 24.9 Å². The van der Waals surface area contributed by atoms with Gasteiger partial charge in [-0.05, 0) is 60.3 Å². The fraction of sp³-hybridized carbons (Fsp3) is 0.552. The Morgan fingerprint density at radius 3 is 2.65 bits per heavy atom. The second-order valence-electron chi connectivity index (χ2n) is 11.8. The van der Waals surface area contributed by atoms with Gasteiger partial charge in [-0.25, -0.2) is 4.79 Å². The second kappa shape index (κ2) is 8.61. The van der Waals surface area contributed by atoms with Crippen LogP contribution < -0.4 is 0 Å². The number of hydrogen-bond donors (Lipinski definition) is 3. The van der Waals surface area contributed by atoms with Crippen LogP contribution in [-0.2, 0) is 9.53 Å². The summed E-state index contributed by atoms with van der Waals surface area (Å²) >= 11 is 0. The summed E-state index contributed by atoms with van der Waals surface area (Å²) in [5, 5.41) is 38.8. The van der Waals surface area contributed by atoms with E-state index in [2.05, 4.69) is 19.0 Å². The lowest BCUT2D eigenvalue weighted by Gasteiger charge is -2.51. The molecule has 1 spiro atoms. The lowest BCUT2D eigenvalue weighted by atomic mass is 9.54. The van der Waals surface area contributed by atoms with Crippen molar-refractivity contribution in [3.8, 4) is 0 Å². The summed E-state index contributed by atoms with van der Waals surface area (Å²) in [6.45, 7) is 9.31. The molecule has 7 atom stereocenters. The maximum atomic E-state index is 14.5. The number of esters is 1. The SMILES string of the molecule is CC1=C[C@]23C(=O)[C@@H](C=C(CO)[C@@H](O)[C@]2(O)[C@H]1OC(=O)c1noc2ccccc12)[C@@H](C)C(C)(C)CC[C@H]3C. The molecule has 2 aromatic rings. The molecule has 8 nitrogen and oxygen atoms in total. The van der Waals surface area contributed by atoms with Crippen molar-refractivity contribution in [3.63, 3.8) is 0 Å². The molecule has 3 aliphatic rings. The van der Waals surface area contributed by atoms with Gasteiger partial charge < -0.3 is 24.6 Å². The van der Waals surface area contributed by atoms with Crippen molar-refractivity contribution in [2.45, 2.75) is 65.3 Å². The van der Waals surface area contributed by atoms with Crippen molar-refractivity contribution in [1.29, 1.82) is 0 Å². The van der Waals surface area contributed by atoms with E-state index in [-0.39, 0.29) is 34.3 Å². The highest BCUT2D eigenvalue weighted by Gasteiger charge is 2.72. The van der Waals surface area contributed by atoms with Gasteiger partial charge in [-0.3, -0.25) is 4.79 Å². The van der Waals surface area contributed by atoms with E-state index in [1.807, 2.05) is 13.8 Å². The van der Waals surface area contributed by atoms with Crippen LogP contribution in [0.2, 0.25) is 0 Å². The van der Waals surface area contributed by atoms with Gasteiger partial charge in [0, 0.05) is 5.92 Å². The lowest BCUT2D eigenvalue weighted by Crippen LogP contribution is -2.66. The molecule has 1 fully saturated rings. The van der Waals surface area contributed by atoms with Gasteiger partial charge in [0.05, 0.1) is 17.4 Å². The van der Waals surface area contributed by atoms with Crippen LogP contribution in [0, 0.1) is 28.6 Å². The smallest absolute Gasteiger partial charge is 0.361 e. The minimum atomic E-state index is -2.21.